The highest BCUT2D eigenvalue weighted by molar-refractivity contribution is 7.99. The Balaban J connectivity index is 1.78. The van der Waals surface area contributed by atoms with Gasteiger partial charge in [0.2, 0.25) is 17.7 Å². The summed E-state index contributed by atoms with van der Waals surface area (Å²) in [6.07, 6.45) is 0.319. The van der Waals surface area contributed by atoms with Gasteiger partial charge in [0.25, 0.3) is 0 Å². The minimum Gasteiger partial charge on any atom is -0.324 e. The van der Waals surface area contributed by atoms with Crippen LogP contribution in [0.15, 0.2) is 29.2 Å². The average Bonchev–Trinajstić information content (AvgIpc) is 2.40. The smallest absolute Gasteiger partial charge is 0.246 e. The van der Waals surface area contributed by atoms with Crippen molar-refractivity contribution in [2.45, 2.75) is 18.2 Å². The van der Waals surface area contributed by atoms with Gasteiger partial charge < -0.3 is 4.90 Å². The summed E-state index contributed by atoms with van der Waals surface area (Å²) in [5.74, 6) is -0.358. The first kappa shape index (κ1) is 14.6. The quantitative estimate of drug-likeness (QED) is 0.663. The zero-order valence-electron chi connectivity index (χ0n) is 11.2. The SMILES string of the molecule is Cc1ccc(SCCC(=O)N2CC(=O)NC(=O)C2)cc1. The van der Waals surface area contributed by atoms with Crippen molar-refractivity contribution >= 4 is 29.5 Å². The first-order valence-corrected chi connectivity index (χ1v) is 7.33. The Morgan fingerprint density at radius 2 is 1.80 bits per heavy atom. The molecule has 1 saturated heterocycles. The van der Waals surface area contributed by atoms with E-state index in [1.54, 1.807) is 11.8 Å². The van der Waals surface area contributed by atoms with E-state index in [0.29, 0.717) is 12.2 Å². The lowest BCUT2D eigenvalue weighted by atomic mass is 10.2. The van der Waals surface area contributed by atoms with Crippen LogP contribution in [0.3, 0.4) is 0 Å². The zero-order chi connectivity index (χ0) is 14.5. The number of nitrogens with zero attached hydrogens (tertiary/aromatic N) is 1. The lowest BCUT2D eigenvalue weighted by Crippen LogP contribution is -2.53. The van der Waals surface area contributed by atoms with Crippen molar-refractivity contribution in [2.24, 2.45) is 0 Å². The molecule has 1 aliphatic rings. The molecule has 0 atom stereocenters. The van der Waals surface area contributed by atoms with Crippen LogP contribution in [0.1, 0.15) is 12.0 Å². The van der Waals surface area contributed by atoms with Crippen molar-refractivity contribution in [2.75, 3.05) is 18.8 Å². The van der Waals surface area contributed by atoms with Gasteiger partial charge in [-0.15, -0.1) is 11.8 Å². The van der Waals surface area contributed by atoms with Gasteiger partial charge in [-0.05, 0) is 19.1 Å². The summed E-state index contributed by atoms with van der Waals surface area (Å²) in [6, 6.07) is 8.08. The minimum absolute atomic E-state index is 0.0280. The van der Waals surface area contributed by atoms with E-state index in [4.69, 9.17) is 0 Å². The van der Waals surface area contributed by atoms with E-state index < -0.39 is 11.8 Å². The van der Waals surface area contributed by atoms with E-state index in [0.717, 1.165) is 4.90 Å². The molecule has 0 aliphatic carbocycles. The first-order valence-electron chi connectivity index (χ1n) is 6.34. The maximum atomic E-state index is 11.9. The molecule has 1 aromatic carbocycles. The highest BCUT2D eigenvalue weighted by atomic mass is 32.2. The van der Waals surface area contributed by atoms with Crippen molar-refractivity contribution < 1.29 is 14.4 Å². The molecule has 0 saturated carbocycles. The highest BCUT2D eigenvalue weighted by Crippen LogP contribution is 2.19. The highest BCUT2D eigenvalue weighted by Gasteiger charge is 2.25. The molecular formula is C14H16N2O3S. The number of nitrogens with one attached hydrogen (secondary N) is 1. The van der Waals surface area contributed by atoms with Gasteiger partial charge in [0.15, 0.2) is 0 Å². The van der Waals surface area contributed by atoms with Gasteiger partial charge >= 0.3 is 0 Å². The number of imide groups is 1. The fourth-order valence-corrected chi connectivity index (χ4v) is 2.70. The third kappa shape index (κ3) is 4.09. The lowest BCUT2D eigenvalue weighted by molar-refractivity contribution is -0.145. The number of hydrogen-bond acceptors (Lipinski definition) is 4. The summed E-state index contributed by atoms with van der Waals surface area (Å²) in [6.45, 7) is 1.97. The molecule has 1 fully saturated rings. The van der Waals surface area contributed by atoms with Crippen LogP contribution in [0.25, 0.3) is 0 Å². The molecule has 2 rings (SSSR count). The molecule has 0 aromatic heterocycles. The molecule has 1 N–H and O–H groups in total. The molecule has 106 valence electrons. The van der Waals surface area contributed by atoms with Crippen LogP contribution in [0.4, 0.5) is 0 Å². The summed E-state index contributed by atoms with van der Waals surface area (Å²) in [7, 11) is 0. The van der Waals surface area contributed by atoms with Crippen LogP contribution in [0.5, 0.6) is 0 Å². The molecule has 0 radical (unpaired) electrons. The molecule has 0 unspecified atom stereocenters. The normalized spacial score (nSPS) is 15.2. The van der Waals surface area contributed by atoms with Crippen LogP contribution in [-0.2, 0) is 14.4 Å². The summed E-state index contributed by atoms with van der Waals surface area (Å²) >= 11 is 1.59. The number of hydrogen-bond donors (Lipinski definition) is 1. The van der Waals surface area contributed by atoms with Gasteiger partial charge in [-0.2, -0.15) is 0 Å². The van der Waals surface area contributed by atoms with Crippen LogP contribution in [0, 0.1) is 6.92 Å². The van der Waals surface area contributed by atoms with Crippen LogP contribution < -0.4 is 5.32 Å². The number of rotatable bonds is 4. The minimum atomic E-state index is -0.416. The molecule has 0 bridgehead atoms. The maximum Gasteiger partial charge on any atom is 0.246 e. The van der Waals surface area contributed by atoms with Crippen molar-refractivity contribution in [1.29, 1.82) is 0 Å². The molecule has 6 heteroatoms. The fraction of sp³-hybridized carbons (Fsp3) is 0.357. The van der Waals surface area contributed by atoms with Crippen LogP contribution in [0.2, 0.25) is 0 Å². The monoisotopic (exact) mass is 292 g/mol. The molecule has 1 heterocycles. The number of amides is 3. The Morgan fingerprint density at radius 3 is 2.40 bits per heavy atom. The number of carbonyl (C=O) groups excluding carboxylic acids is 3. The third-order valence-electron chi connectivity index (χ3n) is 2.91. The van der Waals surface area contributed by atoms with E-state index in [9.17, 15) is 14.4 Å². The van der Waals surface area contributed by atoms with Crippen LogP contribution >= 0.6 is 11.8 Å². The second-order valence-electron chi connectivity index (χ2n) is 4.63. The number of piperazine rings is 1. The van der Waals surface area contributed by atoms with Gasteiger partial charge in [0.1, 0.15) is 13.1 Å². The van der Waals surface area contributed by atoms with Crippen molar-refractivity contribution in [3.05, 3.63) is 29.8 Å². The third-order valence-corrected chi connectivity index (χ3v) is 3.92. The average molecular weight is 292 g/mol. The number of aryl methyl sites for hydroxylation is 1. The van der Waals surface area contributed by atoms with Gasteiger partial charge in [-0.1, -0.05) is 17.7 Å². The topological polar surface area (TPSA) is 66.5 Å². The summed E-state index contributed by atoms with van der Waals surface area (Å²) in [5, 5.41) is 2.17. The Bertz CT molecular complexity index is 512. The first-order chi connectivity index (χ1) is 9.54. The second-order valence-corrected chi connectivity index (χ2v) is 5.80. The fourth-order valence-electron chi connectivity index (χ4n) is 1.86. The van der Waals surface area contributed by atoms with Crippen molar-refractivity contribution in [1.82, 2.24) is 10.2 Å². The Labute approximate surface area is 121 Å². The number of carbonyl (C=O) groups is 3. The van der Waals surface area contributed by atoms with Gasteiger partial charge in [-0.25, -0.2) is 0 Å². The van der Waals surface area contributed by atoms with E-state index in [-0.39, 0.29) is 19.0 Å². The zero-order valence-corrected chi connectivity index (χ0v) is 12.0. The standard InChI is InChI=1S/C14H16N2O3S/c1-10-2-4-11(5-3-10)20-7-6-14(19)16-8-12(17)15-13(18)9-16/h2-5H,6-9H2,1H3,(H,15,17,18). The molecular weight excluding hydrogens is 276 g/mol. The molecule has 5 nitrogen and oxygen atoms in total. The maximum absolute atomic E-state index is 11.9. The summed E-state index contributed by atoms with van der Waals surface area (Å²) < 4.78 is 0. The van der Waals surface area contributed by atoms with E-state index in [1.807, 2.05) is 31.2 Å². The van der Waals surface area contributed by atoms with E-state index >= 15 is 0 Å². The predicted octanol–water partition coefficient (Wildman–Crippen LogP) is 0.962. The number of thioether (sulfide) groups is 1. The Hall–Kier alpha value is -1.82. The molecule has 1 aromatic rings. The molecule has 3 amide bonds. The van der Waals surface area contributed by atoms with E-state index in [1.165, 1.54) is 10.5 Å². The second kappa shape index (κ2) is 6.56. The summed E-state index contributed by atoms with van der Waals surface area (Å²) in [4.78, 5) is 36.7. The van der Waals surface area contributed by atoms with E-state index in [2.05, 4.69) is 5.32 Å². The van der Waals surface area contributed by atoms with Gasteiger partial charge in [0.05, 0.1) is 0 Å². The predicted molar refractivity (Wildman–Crippen MR) is 76.2 cm³/mol. The van der Waals surface area contributed by atoms with Crippen LogP contribution in [-0.4, -0.2) is 41.5 Å². The molecule has 20 heavy (non-hydrogen) atoms. The lowest BCUT2D eigenvalue weighted by Gasteiger charge is -2.25. The Morgan fingerprint density at radius 1 is 1.20 bits per heavy atom. The van der Waals surface area contributed by atoms with Gasteiger partial charge in [0, 0.05) is 17.1 Å². The van der Waals surface area contributed by atoms with Crippen molar-refractivity contribution in [3.63, 3.8) is 0 Å². The molecule has 0 spiro atoms. The van der Waals surface area contributed by atoms with Crippen molar-refractivity contribution in [3.8, 4) is 0 Å². The Kier molecular flexibility index (Phi) is 4.79. The molecule has 1 aliphatic heterocycles. The van der Waals surface area contributed by atoms with Gasteiger partial charge in [-0.3, -0.25) is 19.7 Å². The largest absolute Gasteiger partial charge is 0.324 e. The number of benzene rings is 1. The summed E-state index contributed by atoms with van der Waals surface area (Å²) in [5.41, 5.74) is 1.20.